The smallest absolute Gasteiger partial charge is 0.137 e. The van der Waals surface area contributed by atoms with Gasteiger partial charge in [0.25, 0.3) is 0 Å². The van der Waals surface area contributed by atoms with E-state index in [-0.39, 0.29) is 0 Å². The summed E-state index contributed by atoms with van der Waals surface area (Å²) in [5.41, 5.74) is 3.28. The minimum absolute atomic E-state index is 0.661. The molecule has 0 fully saturated rings. The normalized spacial score (nSPS) is 11.0. The van der Waals surface area contributed by atoms with Crippen molar-refractivity contribution < 1.29 is 4.74 Å². The number of rotatable bonds is 14. The average molecular weight is 402 g/mol. The van der Waals surface area contributed by atoms with Crippen molar-refractivity contribution in [3.05, 3.63) is 47.1 Å². The van der Waals surface area contributed by atoms with Gasteiger partial charge < -0.3 is 4.74 Å². The van der Waals surface area contributed by atoms with E-state index in [1.807, 2.05) is 24.4 Å². The monoisotopic (exact) mass is 401 g/mol. The van der Waals surface area contributed by atoms with Gasteiger partial charge in [-0.05, 0) is 49.1 Å². The molecule has 154 valence electrons. The van der Waals surface area contributed by atoms with Gasteiger partial charge in [0.05, 0.1) is 17.3 Å². The van der Waals surface area contributed by atoms with Gasteiger partial charge in [0.15, 0.2) is 0 Å². The van der Waals surface area contributed by atoms with Crippen molar-refractivity contribution in [2.24, 2.45) is 0 Å². The van der Waals surface area contributed by atoms with E-state index in [0.717, 1.165) is 36.5 Å². The summed E-state index contributed by atoms with van der Waals surface area (Å²) in [7, 11) is 0. The third kappa shape index (κ3) is 8.22. The van der Waals surface area contributed by atoms with Gasteiger partial charge >= 0.3 is 0 Å². The second kappa shape index (κ2) is 13.6. The van der Waals surface area contributed by atoms with Crippen LogP contribution in [0.5, 0.6) is 5.75 Å². The van der Waals surface area contributed by atoms with Crippen molar-refractivity contribution in [1.29, 1.82) is 0 Å². The van der Waals surface area contributed by atoms with Crippen molar-refractivity contribution in [1.82, 2.24) is 4.98 Å². The van der Waals surface area contributed by atoms with Gasteiger partial charge in [0.2, 0.25) is 0 Å². The van der Waals surface area contributed by atoms with Crippen molar-refractivity contribution in [3.63, 3.8) is 0 Å². The molecule has 2 rings (SSSR count). The predicted octanol–water partition coefficient (Wildman–Crippen LogP) is 8.26. The quantitative estimate of drug-likeness (QED) is 0.297. The first kappa shape index (κ1) is 22.7. The van der Waals surface area contributed by atoms with Crippen molar-refractivity contribution >= 4 is 11.6 Å². The van der Waals surface area contributed by atoms with Crippen molar-refractivity contribution in [2.75, 3.05) is 6.61 Å². The van der Waals surface area contributed by atoms with Gasteiger partial charge in [-0.1, -0.05) is 82.9 Å². The van der Waals surface area contributed by atoms with Gasteiger partial charge in [-0.25, -0.2) is 0 Å². The topological polar surface area (TPSA) is 22.1 Å². The molecular weight excluding hydrogens is 366 g/mol. The lowest BCUT2D eigenvalue weighted by atomic mass is 10.1. The number of aromatic nitrogens is 1. The second-order valence-corrected chi connectivity index (χ2v) is 8.03. The van der Waals surface area contributed by atoms with Crippen LogP contribution in [0, 0.1) is 0 Å². The van der Waals surface area contributed by atoms with E-state index in [4.69, 9.17) is 16.3 Å². The van der Waals surface area contributed by atoms with Crippen LogP contribution in [0.1, 0.15) is 83.6 Å². The van der Waals surface area contributed by atoms with Crippen molar-refractivity contribution in [2.45, 2.75) is 84.5 Å². The molecule has 2 nitrogen and oxygen atoms in total. The molecule has 0 bridgehead atoms. The highest BCUT2D eigenvalue weighted by atomic mass is 35.5. The minimum Gasteiger partial charge on any atom is -0.492 e. The maximum atomic E-state index is 6.44. The molecule has 0 aliphatic rings. The number of aryl methyl sites for hydroxylation is 1. The summed E-state index contributed by atoms with van der Waals surface area (Å²) in [4.78, 5) is 4.60. The van der Waals surface area contributed by atoms with Gasteiger partial charge in [0, 0.05) is 11.8 Å². The standard InChI is InChI=1S/C25H36ClNO/c1-3-5-7-8-9-10-11-12-18-28-25-17-15-22(19-23(25)26)24-16-14-21(20-27-24)13-6-4-2/h14-17,19-20H,3-13,18H2,1-2H3. The molecule has 0 atom stereocenters. The Morgan fingerprint density at radius 2 is 1.54 bits per heavy atom. The van der Waals surface area contributed by atoms with E-state index in [1.165, 1.54) is 63.4 Å². The maximum Gasteiger partial charge on any atom is 0.137 e. The minimum atomic E-state index is 0.661. The molecule has 28 heavy (non-hydrogen) atoms. The van der Waals surface area contributed by atoms with Crippen LogP contribution in [0.25, 0.3) is 11.3 Å². The van der Waals surface area contributed by atoms with Gasteiger partial charge in [-0.2, -0.15) is 0 Å². The highest BCUT2D eigenvalue weighted by Crippen LogP contribution is 2.30. The summed E-state index contributed by atoms with van der Waals surface area (Å²) >= 11 is 6.44. The Morgan fingerprint density at radius 1 is 0.821 bits per heavy atom. The van der Waals surface area contributed by atoms with Crippen molar-refractivity contribution in [3.8, 4) is 17.0 Å². The highest BCUT2D eigenvalue weighted by molar-refractivity contribution is 6.32. The maximum absolute atomic E-state index is 6.44. The van der Waals surface area contributed by atoms with Crippen LogP contribution in [0.2, 0.25) is 5.02 Å². The first-order valence-electron chi connectivity index (χ1n) is 11.1. The van der Waals surface area contributed by atoms with E-state index in [9.17, 15) is 0 Å². The molecule has 2 aromatic rings. The Hall–Kier alpha value is -1.54. The van der Waals surface area contributed by atoms with Gasteiger partial charge in [-0.15, -0.1) is 0 Å². The molecule has 0 N–H and O–H groups in total. The number of nitrogens with zero attached hydrogens (tertiary/aromatic N) is 1. The fourth-order valence-electron chi connectivity index (χ4n) is 3.32. The summed E-state index contributed by atoms with van der Waals surface area (Å²) < 4.78 is 5.88. The molecule has 0 radical (unpaired) electrons. The number of benzene rings is 1. The predicted molar refractivity (Wildman–Crippen MR) is 121 cm³/mol. The van der Waals surface area contributed by atoms with E-state index in [0.29, 0.717) is 5.02 Å². The number of ether oxygens (including phenoxy) is 1. The lowest BCUT2D eigenvalue weighted by Gasteiger charge is -2.10. The van der Waals surface area contributed by atoms with Crippen LogP contribution < -0.4 is 4.74 Å². The summed E-state index contributed by atoms with van der Waals surface area (Å²) in [6, 6.07) is 10.2. The molecule has 1 aromatic carbocycles. The molecule has 0 unspecified atom stereocenters. The number of halogens is 1. The van der Waals surface area contributed by atoms with E-state index < -0.39 is 0 Å². The lowest BCUT2D eigenvalue weighted by Crippen LogP contribution is -1.98. The Labute approximate surface area is 176 Å². The SMILES string of the molecule is CCCCCCCCCCOc1ccc(-c2ccc(CCCC)cn2)cc1Cl. The van der Waals surface area contributed by atoms with Gasteiger partial charge in [0.1, 0.15) is 5.75 Å². The molecule has 3 heteroatoms. The first-order valence-corrected chi connectivity index (χ1v) is 11.5. The zero-order valence-corrected chi connectivity index (χ0v) is 18.4. The molecule has 0 amide bonds. The van der Waals surface area contributed by atoms with Gasteiger partial charge in [-0.3, -0.25) is 4.98 Å². The summed E-state index contributed by atoms with van der Waals surface area (Å²) in [5, 5.41) is 0.661. The van der Waals surface area contributed by atoms with Crippen LogP contribution in [0.4, 0.5) is 0 Å². The molecule has 0 aliphatic heterocycles. The average Bonchev–Trinajstić information content (AvgIpc) is 2.72. The molecule has 0 saturated heterocycles. The number of pyridine rings is 1. The van der Waals surface area contributed by atoms with Crippen LogP contribution in [-0.4, -0.2) is 11.6 Å². The number of hydrogen-bond acceptors (Lipinski definition) is 2. The van der Waals surface area contributed by atoms with E-state index >= 15 is 0 Å². The van der Waals surface area contributed by atoms with Crippen LogP contribution in [0.15, 0.2) is 36.5 Å². The van der Waals surface area contributed by atoms with Crippen LogP contribution in [0.3, 0.4) is 0 Å². The summed E-state index contributed by atoms with van der Waals surface area (Å²) in [5.74, 6) is 0.771. The fraction of sp³-hybridized carbons (Fsp3) is 0.560. The molecular formula is C25H36ClNO. The first-order chi connectivity index (χ1) is 13.7. The zero-order valence-electron chi connectivity index (χ0n) is 17.7. The third-order valence-corrected chi connectivity index (χ3v) is 5.42. The van der Waals surface area contributed by atoms with E-state index in [2.05, 4.69) is 31.0 Å². The summed E-state index contributed by atoms with van der Waals surface area (Å²) in [6.07, 6.45) is 15.9. The Morgan fingerprint density at radius 3 is 2.18 bits per heavy atom. The Bertz CT molecular complexity index is 669. The summed E-state index contributed by atoms with van der Waals surface area (Å²) in [6.45, 7) is 5.20. The largest absolute Gasteiger partial charge is 0.492 e. The molecule has 0 spiro atoms. The highest BCUT2D eigenvalue weighted by Gasteiger charge is 2.06. The zero-order chi connectivity index (χ0) is 20.0. The van der Waals surface area contributed by atoms with Crippen LogP contribution >= 0.6 is 11.6 Å². The second-order valence-electron chi connectivity index (χ2n) is 7.62. The number of hydrogen-bond donors (Lipinski definition) is 0. The lowest BCUT2D eigenvalue weighted by molar-refractivity contribution is 0.304. The third-order valence-electron chi connectivity index (χ3n) is 5.13. The van der Waals surface area contributed by atoms with Crippen LogP contribution in [-0.2, 0) is 6.42 Å². The van der Waals surface area contributed by atoms with E-state index in [1.54, 1.807) is 0 Å². The number of unbranched alkanes of at least 4 members (excludes halogenated alkanes) is 8. The molecule has 0 aliphatic carbocycles. The fourth-order valence-corrected chi connectivity index (χ4v) is 3.55. The molecule has 1 heterocycles. The molecule has 0 saturated carbocycles. The molecule has 1 aromatic heterocycles. The Kier molecular flexibility index (Phi) is 11.1. The Balaban J connectivity index is 1.74.